The Balaban J connectivity index is 1.53. The van der Waals surface area contributed by atoms with Crippen molar-refractivity contribution >= 4 is 0 Å². The third-order valence-electron chi connectivity index (χ3n) is 4.04. The standard InChI is InChI=1S/C20H23N3O2/c1-16(19-6-3-4-7-20(19)23-14-5-12-22-23)21-13-15-25-18-10-8-17(24-2)9-11-18/h3-12,14,16,21H,13,15H2,1-2H3/t16-/m1/s1. The Kier molecular flexibility index (Phi) is 5.69. The van der Waals surface area contributed by atoms with Crippen LogP contribution in [0.2, 0.25) is 0 Å². The van der Waals surface area contributed by atoms with E-state index in [9.17, 15) is 0 Å². The second kappa shape index (κ2) is 8.35. The van der Waals surface area contributed by atoms with Crippen molar-refractivity contribution in [3.8, 4) is 17.2 Å². The number of benzene rings is 2. The van der Waals surface area contributed by atoms with Gasteiger partial charge in [-0.15, -0.1) is 0 Å². The van der Waals surface area contributed by atoms with Crippen LogP contribution in [-0.4, -0.2) is 30.0 Å². The molecule has 0 bridgehead atoms. The minimum absolute atomic E-state index is 0.194. The number of para-hydroxylation sites is 1. The molecule has 1 atom stereocenters. The predicted octanol–water partition coefficient (Wildman–Crippen LogP) is 3.61. The van der Waals surface area contributed by atoms with E-state index in [1.54, 1.807) is 13.3 Å². The Morgan fingerprint density at radius 1 is 1.04 bits per heavy atom. The van der Waals surface area contributed by atoms with Crippen molar-refractivity contribution < 1.29 is 9.47 Å². The molecule has 1 aromatic heterocycles. The van der Waals surface area contributed by atoms with Gasteiger partial charge < -0.3 is 14.8 Å². The maximum absolute atomic E-state index is 5.76. The maximum atomic E-state index is 5.76. The largest absolute Gasteiger partial charge is 0.497 e. The summed E-state index contributed by atoms with van der Waals surface area (Å²) in [5.74, 6) is 1.67. The summed E-state index contributed by atoms with van der Waals surface area (Å²) in [6.07, 6.45) is 3.75. The average molecular weight is 337 g/mol. The van der Waals surface area contributed by atoms with Crippen LogP contribution in [0.25, 0.3) is 5.69 Å². The Bertz CT molecular complexity index is 770. The molecule has 130 valence electrons. The highest BCUT2D eigenvalue weighted by molar-refractivity contribution is 5.42. The summed E-state index contributed by atoms with van der Waals surface area (Å²) in [6.45, 7) is 3.50. The van der Waals surface area contributed by atoms with Gasteiger partial charge in [-0.2, -0.15) is 5.10 Å². The fourth-order valence-electron chi connectivity index (χ4n) is 2.70. The van der Waals surface area contributed by atoms with Crippen LogP contribution in [0.5, 0.6) is 11.5 Å². The summed E-state index contributed by atoms with van der Waals surface area (Å²) in [4.78, 5) is 0. The molecule has 0 aliphatic rings. The van der Waals surface area contributed by atoms with E-state index in [0.717, 1.165) is 23.7 Å². The molecule has 0 aliphatic carbocycles. The predicted molar refractivity (Wildman–Crippen MR) is 98.5 cm³/mol. The van der Waals surface area contributed by atoms with Gasteiger partial charge in [-0.1, -0.05) is 18.2 Å². The monoisotopic (exact) mass is 337 g/mol. The van der Waals surface area contributed by atoms with Gasteiger partial charge in [-0.05, 0) is 48.9 Å². The number of hydrogen-bond acceptors (Lipinski definition) is 4. The van der Waals surface area contributed by atoms with Gasteiger partial charge in [0.2, 0.25) is 0 Å². The van der Waals surface area contributed by atoms with E-state index >= 15 is 0 Å². The summed E-state index contributed by atoms with van der Waals surface area (Å²) >= 11 is 0. The second-order valence-corrected chi connectivity index (χ2v) is 5.71. The summed E-state index contributed by atoms with van der Waals surface area (Å²) in [7, 11) is 1.66. The highest BCUT2D eigenvalue weighted by Gasteiger charge is 2.11. The van der Waals surface area contributed by atoms with Gasteiger partial charge in [0.25, 0.3) is 0 Å². The molecule has 0 amide bonds. The molecule has 0 unspecified atom stereocenters. The lowest BCUT2D eigenvalue weighted by atomic mass is 10.1. The number of nitrogens with zero attached hydrogens (tertiary/aromatic N) is 2. The maximum Gasteiger partial charge on any atom is 0.119 e. The molecule has 3 aromatic rings. The molecule has 0 fully saturated rings. The number of ether oxygens (including phenoxy) is 2. The van der Waals surface area contributed by atoms with Gasteiger partial charge in [-0.3, -0.25) is 0 Å². The minimum Gasteiger partial charge on any atom is -0.497 e. The van der Waals surface area contributed by atoms with Crippen LogP contribution in [0.1, 0.15) is 18.5 Å². The molecule has 5 heteroatoms. The van der Waals surface area contributed by atoms with E-state index in [4.69, 9.17) is 9.47 Å². The molecule has 5 nitrogen and oxygen atoms in total. The minimum atomic E-state index is 0.194. The Morgan fingerprint density at radius 3 is 2.52 bits per heavy atom. The van der Waals surface area contributed by atoms with E-state index in [0.29, 0.717) is 6.61 Å². The van der Waals surface area contributed by atoms with Crippen LogP contribution in [0.15, 0.2) is 67.0 Å². The zero-order chi connectivity index (χ0) is 17.5. The van der Waals surface area contributed by atoms with Crippen LogP contribution >= 0.6 is 0 Å². The first-order valence-corrected chi connectivity index (χ1v) is 8.37. The molecule has 0 spiro atoms. The number of rotatable bonds is 8. The number of methoxy groups -OCH3 is 1. The summed E-state index contributed by atoms with van der Waals surface area (Å²) in [5, 5.41) is 7.84. The van der Waals surface area contributed by atoms with Crippen molar-refractivity contribution in [1.29, 1.82) is 0 Å². The van der Waals surface area contributed by atoms with Crippen molar-refractivity contribution in [3.05, 3.63) is 72.6 Å². The molecule has 2 aromatic carbocycles. The third-order valence-corrected chi connectivity index (χ3v) is 4.04. The Labute approximate surface area is 148 Å². The van der Waals surface area contributed by atoms with Gasteiger partial charge in [-0.25, -0.2) is 4.68 Å². The zero-order valence-electron chi connectivity index (χ0n) is 14.6. The van der Waals surface area contributed by atoms with Gasteiger partial charge >= 0.3 is 0 Å². The second-order valence-electron chi connectivity index (χ2n) is 5.71. The highest BCUT2D eigenvalue weighted by atomic mass is 16.5. The Morgan fingerprint density at radius 2 is 1.80 bits per heavy atom. The molecule has 1 heterocycles. The lowest BCUT2D eigenvalue weighted by Gasteiger charge is -2.18. The van der Waals surface area contributed by atoms with Gasteiger partial charge in [0.15, 0.2) is 0 Å². The van der Waals surface area contributed by atoms with E-state index in [2.05, 4.69) is 29.5 Å². The van der Waals surface area contributed by atoms with Crippen molar-refractivity contribution in [3.63, 3.8) is 0 Å². The smallest absolute Gasteiger partial charge is 0.119 e. The molecule has 0 radical (unpaired) electrons. The summed E-state index contributed by atoms with van der Waals surface area (Å²) in [5.41, 5.74) is 2.29. The number of aromatic nitrogens is 2. The van der Waals surface area contributed by atoms with Gasteiger partial charge in [0, 0.05) is 25.0 Å². The summed E-state index contributed by atoms with van der Waals surface area (Å²) < 4.78 is 12.8. The molecule has 0 saturated carbocycles. The quantitative estimate of drug-likeness (QED) is 0.638. The SMILES string of the molecule is COc1ccc(OCCN[C@H](C)c2ccccc2-n2cccn2)cc1. The van der Waals surface area contributed by atoms with Crippen LogP contribution in [0, 0.1) is 0 Å². The van der Waals surface area contributed by atoms with Crippen LogP contribution in [0.4, 0.5) is 0 Å². The fourth-order valence-corrected chi connectivity index (χ4v) is 2.70. The lowest BCUT2D eigenvalue weighted by molar-refractivity contribution is 0.307. The van der Waals surface area contributed by atoms with Crippen molar-refractivity contribution in [1.82, 2.24) is 15.1 Å². The summed E-state index contributed by atoms with van der Waals surface area (Å²) in [6, 6.07) is 18.0. The molecule has 25 heavy (non-hydrogen) atoms. The number of hydrogen-bond donors (Lipinski definition) is 1. The topological polar surface area (TPSA) is 48.3 Å². The number of nitrogens with one attached hydrogen (secondary N) is 1. The average Bonchev–Trinajstić information content (AvgIpc) is 3.20. The molecule has 0 aliphatic heterocycles. The first-order chi connectivity index (χ1) is 12.3. The first-order valence-electron chi connectivity index (χ1n) is 8.37. The molecule has 3 rings (SSSR count). The zero-order valence-corrected chi connectivity index (χ0v) is 14.6. The first kappa shape index (κ1) is 17.0. The van der Waals surface area contributed by atoms with E-state index in [-0.39, 0.29) is 6.04 Å². The molecular formula is C20H23N3O2. The van der Waals surface area contributed by atoms with E-state index < -0.39 is 0 Å². The van der Waals surface area contributed by atoms with E-state index in [1.165, 1.54) is 5.56 Å². The molecule has 1 N–H and O–H groups in total. The lowest BCUT2D eigenvalue weighted by Crippen LogP contribution is -2.25. The molecule has 0 saturated heterocycles. The van der Waals surface area contributed by atoms with Crippen molar-refractivity contribution in [2.45, 2.75) is 13.0 Å². The van der Waals surface area contributed by atoms with E-state index in [1.807, 2.05) is 53.3 Å². The van der Waals surface area contributed by atoms with Crippen LogP contribution in [0.3, 0.4) is 0 Å². The van der Waals surface area contributed by atoms with Crippen molar-refractivity contribution in [2.24, 2.45) is 0 Å². The van der Waals surface area contributed by atoms with Crippen LogP contribution < -0.4 is 14.8 Å². The normalized spacial score (nSPS) is 11.9. The third kappa shape index (κ3) is 4.39. The Hall–Kier alpha value is -2.79. The van der Waals surface area contributed by atoms with Gasteiger partial charge in [0.1, 0.15) is 18.1 Å². The highest BCUT2D eigenvalue weighted by Crippen LogP contribution is 2.21. The van der Waals surface area contributed by atoms with Crippen LogP contribution in [-0.2, 0) is 0 Å². The van der Waals surface area contributed by atoms with Gasteiger partial charge in [0.05, 0.1) is 12.8 Å². The molecular weight excluding hydrogens is 314 g/mol. The van der Waals surface area contributed by atoms with Crippen molar-refractivity contribution in [2.75, 3.05) is 20.3 Å². The fraction of sp³-hybridized carbons (Fsp3) is 0.250.